The molecule has 3 aromatic carbocycles. The lowest BCUT2D eigenvalue weighted by Crippen LogP contribution is -2.23. The van der Waals surface area contributed by atoms with E-state index in [1.165, 1.54) is 4.68 Å². The van der Waals surface area contributed by atoms with E-state index < -0.39 is 0 Å². The molecular weight excluding hydrogens is 577 g/mol. The van der Waals surface area contributed by atoms with Crippen molar-refractivity contribution >= 4 is 56.2 Å². The van der Waals surface area contributed by atoms with Crippen molar-refractivity contribution in [2.75, 3.05) is 6.61 Å². The maximum Gasteiger partial charge on any atom is 0.282 e. The van der Waals surface area contributed by atoms with Crippen molar-refractivity contribution in [3.05, 3.63) is 96.4 Å². The Morgan fingerprint density at radius 3 is 2.57 bits per heavy atom. The molecule has 1 atom stereocenters. The van der Waals surface area contributed by atoms with Crippen molar-refractivity contribution in [3.63, 3.8) is 0 Å². The quantitative estimate of drug-likeness (QED) is 0.183. The predicted octanol–water partition coefficient (Wildman–Crippen LogP) is 7.84. The van der Waals surface area contributed by atoms with E-state index >= 15 is 0 Å². The molecule has 0 saturated carbocycles. The van der Waals surface area contributed by atoms with Crippen LogP contribution in [-0.2, 0) is 6.61 Å². The second kappa shape index (κ2) is 12.1. The van der Waals surface area contributed by atoms with Gasteiger partial charge in [-0.15, -0.1) is 0 Å². The molecule has 0 aliphatic carbocycles. The highest BCUT2D eigenvalue weighted by molar-refractivity contribution is 9.10. The number of rotatable bonds is 9. The summed E-state index contributed by atoms with van der Waals surface area (Å²) in [5.74, 6) is 1.82. The monoisotopic (exact) mass is 601 g/mol. The van der Waals surface area contributed by atoms with Crippen LogP contribution in [0.1, 0.15) is 50.1 Å². The first-order chi connectivity index (χ1) is 17.8. The highest BCUT2D eigenvalue weighted by atomic mass is 79.9. The number of hydrogen-bond acceptors (Lipinski definition) is 5. The van der Waals surface area contributed by atoms with Gasteiger partial charge in [-0.1, -0.05) is 59.0 Å². The van der Waals surface area contributed by atoms with Crippen molar-refractivity contribution in [1.29, 1.82) is 0 Å². The third-order valence-electron chi connectivity index (χ3n) is 5.85. The minimum atomic E-state index is -0.218. The van der Waals surface area contributed by atoms with Crippen molar-refractivity contribution in [2.24, 2.45) is 5.10 Å². The second-order valence-electron chi connectivity index (χ2n) is 8.48. The fourth-order valence-electron chi connectivity index (χ4n) is 3.69. The van der Waals surface area contributed by atoms with Crippen LogP contribution >= 0.6 is 39.1 Å². The van der Waals surface area contributed by atoms with Crippen LogP contribution in [0.4, 0.5) is 0 Å². The number of hydrogen-bond donors (Lipinski definition) is 0. The second-order valence-corrected chi connectivity index (χ2v) is 10.2. The zero-order chi connectivity index (χ0) is 26.5. The molecule has 9 heteroatoms. The van der Waals surface area contributed by atoms with Gasteiger partial charge in [-0.2, -0.15) is 9.78 Å². The molecule has 0 aliphatic rings. The van der Waals surface area contributed by atoms with Gasteiger partial charge in [-0.05, 0) is 73.0 Å². The van der Waals surface area contributed by atoms with Gasteiger partial charge in [0.2, 0.25) is 0 Å². The summed E-state index contributed by atoms with van der Waals surface area (Å²) >= 11 is 15.6. The zero-order valence-electron chi connectivity index (χ0n) is 20.7. The average molecular weight is 603 g/mol. The van der Waals surface area contributed by atoms with Gasteiger partial charge in [-0.25, -0.2) is 4.98 Å². The minimum Gasteiger partial charge on any atom is -0.490 e. The fraction of sp³-hybridized carbons (Fsp3) is 0.250. The summed E-state index contributed by atoms with van der Waals surface area (Å²) < 4.78 is 14.0. The van der Waals surface area contributed by atoms with Gasteiger partial charge in [0.15, 0.2) is 11.5 Å². The first-order valence-electron chi connectivity index (χ1n) is 11.9. The van der Waals surface area contributed by atoms with Gasteiger partial charge >= 0.3 is 0 Å². The Balaban J connectivity index is 1.66. The highest BCUT2D eigenvalue weighted by Crippen LogP contribution is 2.30. The van der Waals surface area contributed by atoms with E-state index in [0.717, 1.165) is 22.0 Å². The SMILES string of the molecule is CCOc1cc(C=Nn2c([C@H](C)CC)nc3ccc(Br)cc3c2=O)ccc1OCc1ccc(Cl)c(Cl)c1. The minimum absolute atomic E-state index is 0.0500. The molecule has 0 bridgehead atoms. The Hall–Kier alpha value is -2.87. The van der Waals surface area contributed by atoms with Crippen molar-refractivity contribution in [3.8, 4) is 11.5 Å². The van der Waals surface area contributed by atoms with Crippen LogP contribution in [0.2, 0.25) is 10.0 Å². The molecule has 1 heterocycles. The van der Waals surface area contributed by atoms with E-state index in [2.05, 4.69) is 28.0 Å². The van der Waals surface area contributed by atoms with Crippen molar-refractivity contribution in [2.45, 2.75) is 39.7 Å². The van der Waals surface area contributed by atoms with Crippen molar-refractivity contribution in [1.82, 2.24) is 9.66 Å². The lowest BCUT2D eigenvalue weighted by Gasteiger charge is -2.14. The molecule has 37 heavy (non-hydrogen) atoms. The summed E-state index contributed by atoms with van der Waals surface area (Å²) in [5, 5.41) is 6.01. The predicted molar refractivity (Wildman–Crippen MR) is 154 cm³/mol. The summed E-state index contributed by atoms with van der Waals surface area (Å²) in [7, 11) is 0. The van der Waals surface area contributed by atoms with E-state index in [4.69, 9.17) is 37.7 Å². The normalized spacial score (nSPS) is 12.3. The van der Waals surface area contributed by atoms with Crippen LogP contribution in [-0.4, -0.2) is 22.5 Å². The number of benzene rings is 3. The van der Waals surface area contributed by atoms with E-state index in [9.17, 15) is 4.79 Å². The van der Waals surface area contributed by atoms with Gasteiger partial charge in [0, 0.05) is 10.4 Å². The summed E-state index contributed by atoms with van der Waals surface area (Å²) in [4.78, 5) is 18.1. The Morgan fingerprint density at radius 2 is 1.84 bits per heavy atom. The molecule has 0 N–H and O–H groups in total. The molecule has 0 saturated heterocycles. The Morgan fingerprint density at radius 1 is 1.03 bits per heavy atom. The summed E-state index contributed by atoms with van der Waals surface area (Å²) in [6.07, 6.45) is 2.45. The maximum atomic E-state index is 13.4. The average Bonchev–Trinajstić information content (AvgIpc) is 2.89. The third-order valence-corrected chi connectivity index (χ3v) is 7.09. The summed E-state index contributed by atoms with van der Waals surface area (Å²) in [5.41, 5.74) is 2.07. The molecule has 0 fully saturated rings. The Bertz CT molecular complexity index is 1520. The first kappa shape index (κ1) is 27.2. The molecule has 1 aromatic heterocycles. The lowest BCUT2D eigenvalue weighted by molar-refractivity contribution is 0.269. The highest BCUT2D eigenvalue weighted by Gasteiger charge is 2.16. The van der Waals surface area contributed by atoms with Crippen LogP contribution < -0.4 is 15.0 Å². The molecule has 0 spiro atoms. The molecule has 0 radical (unpaired) electrons. The van der Waals surface area contributed by atoms with E-state index in [0.29, 0.717) is 51.5 Å². The largest absolute Gasteiger partial charge is 0.490 e. The number of halogens is 3. The van der Waals surface area contributed by atoms with Crippen LogP contribution in [0, 0.1) is 0 Å². The summed E-state index contributed by atoms with van der Waals surface area (Å²) in [6, 6.07) is 16.4. The molecule has 0 aliphatic heterocycles. The van der Waals surface area contributed by atoms with Crippen LogP contribution in [0.15, 0.2) is 69.0 Å². The topological polar surface area (TPSA) is 65.7 Å². The third kappa shape index (κ3) is 6.35. The molecule has 4 rings (SSSR count). The first-order valence-corrected chi connectivity index (χ1v) is 13.5. The Kier molecular flexibility index (Phi) is 8.90. The zero-order valence-corrected chi connectivity index (χ0v) is 23.8. The molecular formula is C28H26BrCl2N3O3. The van der Waals surface area contributed by atoms with Crippen LogP contribution in [0.25, 0.3) is 10.9 Å². The number of aromatic nitrogens is 2. The Labute approximate surface area is 234 Å². The fourth-order valence-corrected chi connectivity index (χ4v) is 4.37. The maximum absolute atomic E-state index is 13.4. The molecule has 192 valence electrons. The van der Waals surface area contributed by atoms with E-state index in [-0.39, 0.29) is 11.5 Å². The number of ether oxygens (including phenoxy) is 2. The van der Waals surface area contributed by atoms with Gasteiger partial charge in [0.1, 0.15) is 12.4 Å². The molecule has 6 nitrogen and oxygen atoms in total. The lowest BCUT2D eigenvalue weighted by atomic mass is 10.1. The van der Waals surface area contributed by atoms with Crippen molar-refractivity contribution < 1.29 is 9.47 Å². The van der Waals surface area contributed by atoms with Gasteiger partial charge in [0.25, 0.3) is 5.56 Å². The number of fused-ring (bicyclic) bond motifs is 1. The smallest absolute Gasteiger partial charge is 0.282 e. The van der Waals surface area contributed by atoms with Crippen LogP contribution in [0.3, 0.4) is 0 Å². The summed E-state index contributed by atoms with van der Waals surface area (Å²) in [6.45, 7) is 6.76. The standard InChI is InChI=1S/C28H26BrCl2N3O3/c1-4-17(3)27-33-24-10-8-20(29)14-21(24)28(35)34(27)32-15-18-7-11-25(26(13-18)36-5-2)37-16-19-6-9-22(30)23(31)12-19/h6-15,17H,4-5,16H2,1-3H3/t17-/m1/s1. The number of nitrogens with zero attached hydrogens (tertiary/aromatic N) is 3. The van der Waals surface area contributed by atoms with Crippen LogP contribution in [0.5, 0.6) is 11.5 Å². The van der Waals surface area contributed by atoms with Gasteiger partial charge in [-0.3, -0.25) is 4.79 Å². The van der Waals surface area contributed by atoms with Gasteiger partial charge < -0.3 is 9.47 Å². The molecule has 0 unspecified atom stereocenters. The van der Waals surface area contributed by atoms with E-state index in [1.807, 2.05) is 50.2 Å². The van der Waals surface area contributed by atoms with Gasteiger partial charge in [0.05, 0.1) is 33.8 Å². The van der Waals surface area contributed by atoms with E-state index in [1.54, 1.807) is 24.4 Å². The molecule has 0 amide bonds. The molecule has 4 aromatic rings.